The summed E-state index contributed by atoms with van der Waals surface area (Å²) < 4.78 is 47.6. The molecule has 4 rings (SSSR count). The van der Waals surface area contributed by atoms with Gasteiger partial charge < -0.3 is 19.7 Å². The number of hydrogen-bond acceptors (Lipinski definition) is 10. The molecular formula is C20H20F3N7O3S. The molecule has 1 aliphatic heterocycles. The van der Waals surface area contributed by atoms with Crippen molar-refractivity contribution in [2.24, 2.45) is 0 Å². The number of anilines is 3. The summed E-state index contributed by atoms with van der Waals surface area (Å²) in [6.45, 7) is -1.65. The fraction of sp³-hybridized carbons (Fsp3) is 0.350. The number of halogens is 3. The van der Waals surface area contributed by atoms with Crippen LogP contribution in [0.2, 0.25) is 0 Å². The molecule has 180 valence electrons. The summed E-state index contributed by atoms with van der Waals surface area (Å²) in [6.07, 6.45) is -0.273. The third-order valence-corrected chi connectivity index (χ3v) is 5.74. The lowest BCUT2D eigenvalue weighted by molar-refractivity contribution is -0.126. The summed E-state index contributed by atoms with van der Waals surface area (Å²) in [5, 5.41) is 21.9. The Bertz CT molecular complexity index is 1120. The van der Waals surface area contributed by atoms with Crippen LogP contribution in [0.3, 0.4) is 0 Å². The van der Waals surface area contributed by atoms with Crippen molar-refractivity contribution >= 4 is 33.3 Å². The van der Waals surface area contributed by atoms with Crippen molar-refractivity contribution in [1.82, 2.24) is 20.4 Å². The number of nitrogens with one attached hydrogen (secondary N) is 2. The molecule has 1 aromatic carbocycles. The van der Waals surface area contributed by atoms with Gasteiger partial charge in [0.2, 0.25) is 16.2 Å². The summed E-state index contributed by atoms with van der Waals surface area (Å²) in [4.78, 5) is 14.7. The average molecular weight is 495 g/mol. The lowest BCUT2D eigenvalue weighted by atomic mass is 10.1. The number of benzene rings is 1. The molecule has 3 heterocycles. The van der Waals surface area contributed by atoms with E-state index in [1.165, 1.54) is 31.4 Å². The van der Waals surface area contributed by atoms with E-state index in [9.17, 15) is 18.0 Å². The molecule has 1 amide bonds. The summed E-state index contributed by atoms with van der Waals surface area (Å²) in [5.74, 6) is -0.668. The van der Waals surface area contributed by atoms with Crippen LogP contribution in [0.1, 0.15) is 18.1 Å². The van der Waals surface area contributed by atoms with Crippen LogP contribution in [-0.4, -0.2) is 59.2 Å². The number of hydrogen-bond donors (Lipinski definition) is 2. The Labute approximate surface area is 196 Å². The van der Waals surface area contributed by atoms with Gasteiger partial charge >= 0.3 is 6.61 Å². The van der Waals surface area contributed by atoms with E-state index in [4.69, 9.17) is 4.74 Å². The van der Waals surface area contributed by atoms with E-state index < -0.39 is 24.6 Å². The SMILES string of the molecule is COC(C(=O)Nc1nnc(N[C@@H]2CCN(c3ccc(F)nn3)C2)s1)c1cccc(OC(F)F)c1. The zero-order valence-corrected chi connectivity index (χ0v) is 18.6. The highest BCUT2D eigenvalue weighted by atomic mass is 32.1. The maximum atomic E-state index is 13.0. The molecule has 2 aromatic heterocycles. The molecule has 10 nitrogen and oxygen atoms in total. The number of carbonyl (C=O) groups is 1. The monoisotopic (exact) mass is 495 g/mol. The fourth-order valence-electron chi connectivity index (χ4n) is 3.49. The highest BCUT2D eigenvalue weighted by molar-refractivity contribution is 7.19. The van der Waals surface area contributed by atoms with Gasteiger partial charge in [-0.25, -0.2) is 0 Å². The van der Waals surface area contributed by atoms with Crippen molar-refractivity contribution < 1.29 is 27.4 Å². The molecule has 0 bridgehead atoms. The molecule has 0 radical (unpaired) electrons. The summed E-state index contributed by atoms with van der Waals surface area (Å²) in [7, 11) is 1.33. The Kier molecular flexibility index (Phi) is 7.37. The maximum Gasteiger partial charge on any atom is 0.387 e. The Morgan fingerprint density at radius 1 is 1.18 bits per heavy atom. The molecule has 2 atom stereocenters. The van der Waals surface area contributed by atoms with E-state index in [-0.39, 0.29) is 16.9 Å². The Hall–Kier alpha value is -3.52. The number of ether oxygens (including phenoxy) is 2. The van der Waals surface area contributed by atoms with Crippen LogP contribution in [0.5, 0.6) is 5.75 Å². The zero-order valence-electron chi connectivity index (χ0n) is 17.8. The van der Waals surface area contributed by atoms with Gasteiger partial charge in [-0.2, -0.15) is 13.2 Å². The molecule has 0 spiro atoms. The van der Waals surface area contributed by atoms with Gasteiger partial charge in [0.25, 0.3) is 5.91 Å². The van der Waals surface area contributed by atoms with Gasteiger partial charge in [-0.15, -0.1) is 20.4 Å². The minimum atomic E-state index is -2.98. The van der Waals surface area contributed by atoms with Crippen LogP contribution in [0.25, 0.3) is 0 Å². The van der Waals surface area contributed by atoms with E-state index in [0.29, 0.717) is 29.6 Å². The van der Waals surface area contributed by atoms with Crippen molar-refractivity contribution in [3.05, 3.63) is 47.9 Å². The Balaban J connectivity index is 1.34. The van der Waals surface area contributed by atoms with E-state index in [1.807, 2.05) is 4.90 Å². The molecule has 1 fully saturated rings. The van der Waals surface area contributed by atoms with Gasteiger partial charge in [-0.3, -0.25) is 10.1 Å². The number of carbonyl (C=O) groups excluding carboxylic acids is 1. The Morgan fingerprint density at radius 3 is 2.74 bits per heavy atom. The van der Waals surface area contributed by atoms with Crippen LogP contribution in [0.4, 0.5) is 29.3 Å². The molecule has 1 saturated heterocycles. The lowest BCUT2D eigenvalue weighted by Crippen LogP contribution is -2.26. The fourth-order valence-corrected chi connectivity index (χ4v) is 4.21. The van der Waals surface area contributed by atoms with Gasteiger partial charge in [-0.1, -0.05) is 23.5 Å². The third-order valence-electron chi connectivity index (χ3n) is 4.97. The van der Waals surface area contributed by atoms with Crippen molar-refractivity contribution in [3.63, 3.8) is 0 Å². The van der Waals surface area contributed by atoms with Crippen LogP contribution in [0.15, 0.2) is 36.4 Å². The number of rotatable bonds is 9. The zero-order chi connectivity index (χ0) is 24.1. The first-order chi connectivity index (χ1) is 16.4. The standard InChI is InChI=1S/C20H20F3N7O3S/c1-32-16(11-3-2-4-13(9-11)33-18(22)23)17(31)25-20-29-28-19(34-20)24-12-7-8-30(10-12)15-6-5-14(21)26-27-15/h2-6,9,12,16,18H,7-8,10H2,1H3,(H,24,28)(H,25,29,31)/t12-,16?/m1/s1. The molecular weight excluding hydrogens is 475 g/mol. The highest BCUT2D eigenvalue weighted by Crippen LogP contribution is 2.27. The van der Waals surface area contributed by atoms with Crippen LogP contribution < -0.4 is 20.3 Å². The van der Waals surface area contributed by atoms with Gasteiger partial charge in [0.05, 0.1) is 0 Å². The molecule has 1 unspecified atom stereocenters. The van der Waals surface area contributed by atoms with Crippen molar-refractivity contribution in [1.29, 1.82) is 0 Å². The third kappa shape index (κ3) is 5.88. The second-order valence-electron chi connectivity index (χ2n) is 7.26. The summed E-state index contributed by atoms with van der Waals surface area (Å²) in [6, 6.07) is 8.61. The number of alkyl halides is 2. The van der Waals surface area contributed by atoms with Crippen molar-refractivity contribution in [2.45, 2.75) is 25.2 Å². The van der Waals surface area contributed by atoms with Crippen LogP contribution in [-0.2, 0) is 9.53 Å². The minimum Gasteiger partial charge on any atom is -0.435 e. The molecule has 2 N–H and O–H groups in total. The molecule has 34 heavy (non-hydrogen) atoms. The van der Waals surface area contributed by atoms with Crippen molar-refractivity contribution in [3.8, 4) is 5.75 Å². The number of nitrogens with zero attached hydrogens (tertiary/aromatic N) is 5. The van der Waals surface area contributed by atoms with E-state index in [0.717, 1.165) is 17.8 Å². The largest absolute Gasteiger partial charge is 0.435 e. The van der Waals surface area contributed by atoms with Crippen LogP contribution >= 0.6 is 11.3 Å². The first kappa shape index (κ1) is 23.6. The second kappa shape index (κ2) is 10.6. The topological polar surface area (TPSA) is 114 Å². The summed E-state index contributed by atoms with van der Waals surface area (Å²) >= 11 is 1.14. The minimum absolute atomic E-state index is 0.0488. The second-order valence-corrected chi connectivity index (χ2v) is 8.24. The lowest BCUT2D eigenvalue weighted by Gasteiger charge is -2.16. The van der Waals surface area contributed by atoms with E-state index >= 15 is 0 Å². The van der Waals surface area contributed by atoms with Gasteiger partial charge in [0.1, 0.15) is 5.75 Å². The highest BCUT2D eigenvalue weighted by Gasteiger charge is 2.26. The smallest absolute Gasteiger partial charge is 0.387 e. The number of aromatic nitrogens is 4. The van der Waals surface area contributed by atoms with Gasteiger partial charge in [0.15, 0.2) is 11.9 Å². The predicted molar refractivity (Wildman–Crippen MR) is 118 cm³/mol. The first-order valence-corrected chi connectivity index (χ1v) is 11.0. The quantitative estimate of drug-likeness (QED) is 0.462. The average Bonchev–Trinajstić information content (AvgIpc) is 3.44. The summed E-state index contributed by atoms with van der Waals surface area (Å²) in [5.41, 5.74) is 0.343. The number of methoxy groups -OCH3 is 1. The number of amides is 1. The van der Waals surface area contributed by atoms with Crippen molar-refractivity contribution in [2.75, 3.05) is 35.7 Å². The first-order valence-electron chi connectivity index (χ1n) is 10.1. The van der Waals surface area contributed by atoms with Gasteiger partial charge in [0, 0.05) is 26.2 Å². The van der Waals surface area contributed by atoms with Gasteiger partial charge in [-0.05, 0) is 36.2 Å². The molecule has 0 saturated carbocycles. The molecule has 3 aromatic rings. The predicted octanol–water partition coefficient (Wildman–Crippen LogP) is 3.09. The molecule has 1 aliphatic rings. The maximum absolute atomic E-state index is 13.0. The molecule has 14 heteroatoms. The van der Waals surface area contributed by atoms with E-state index in [2.05, 4.69) is 35.8 Å². The normalized spacial score (nSPS) is 16.5. The van der Waals surface area contributed by atoms with E-state index in [1.54, 1.807) is 12.1 Å². The Morgan fingerprint density at radius 2 is 2.00 bits per heavy atom. The molecule has 0 aliphatic carbocycles. The van der Waals surface area contributed by atoms with Crippen LogP contribution in [0, 0.1) is 5.95 Å².